The number of Topliss-reactive ketones (excluding diaryl/α,β-unsaturated/α-hetero) is 1. The molecule has 0 bridgehead atoms. The van der Waals surface area contributed by atoms with Crippen LogP contribution in [-0.4, -0.2) is 60.9 Å². The Labute approximate surface area is 185 Å². The number of carbonyl (C=O) groups excluding carboxylic acids is 2. The Morgan fingerprint density at radius 2 is 1.97 bits per heavy atom. The van der Waals surface area contributed by atoms with Crippen molar-refractivity contribution in [1.82, 2.24) is 9.80 Å². The lowest BCUT2D eigenvalue weighted by Crippen LogP contribution is -2.41. The Bertz CT molecular complexity index is 876. The molecule has 1 amide bonds. The summed E-state index contributed by atoms with van der Waals surface area (Å²) in [5.74, 6) is 1.31. The summed E-state index contributed by atoms with van der Waals surface area (Å²) in [6, 6.07) is 7.29. The second-order valence-corrected chi connectivity index (χ2v) is 8.99. The average molecular weight is 427 g/mol. The predicted octanol–water partition coefficient (Wildman–Crippen LogP) is 3.58. The number of fused-ring (bicyclic) bond motifs is 1. The number of hydrogen-bond acceptors (Lipinski definition) is 5. The van der Waals surface area contributed by atoms with Crippen molar-refractivity contribution >= 4 is 11.7 Å². The SMILES string of the molecule is CCN(CC)CCN1C(=O)C2=C(C(=O)C3CC(C)CCC3O2)C1c1cccc(OC)c1. The Morgan fingerprint density at radius 1 is 1.19 bits per heavy atom. The van der Waals surface area contributed by atoms with Gasteiger partial charge in [0.15, 0.2) is 11.5 Å². The number of ketones is 1. The molecule has 0 spiro atoms. The van der Waals surface area contributed by atoms with E-state index in [0.29, 0.717) is 18.0 Å². The lowest BCUT2D eigenvalue weighted by Gasteiger charge is -2.37. The van der Waals surface area contributed by atoms with E-state index >= 15 is 0 Å². The summed E-state index contributed by atoms with van der Waals surface area (Å²) in [7, 11) is 1.63. The highest BCUT2D eigenvalue weighted by atomic mass is 16.5. The normalized spacial score (nSPS) is 28.0. The van der Waals surface area contributed by atoms with Crippen molar-refractivity contribution in [2.24, 2.45) is 11.8 Å². The van der Waals surface area contributed by atoms with Crippen molar-refractivity contribution in [2.45, 2.75) is 52.2 Å². The van der Waals surface area contributed by atoms with Gasteiger partial charge in [-0.3, -0.25) is 9.59 Å². The highest BCUT2D eigenvalue weighted by Gasteiger charge is 2.52. The van der Waals surface area contributed by atoms with E-state index in [-0.39, 0.29) is 29.5 Å². The maximum absolute atomic E-state index is 13.7. The van der Waals surface area contributed by atoms with Gasteiger partial charge in [0.05, 0.1) is 24.6 Å². The first kappa shape index (κ1) is 21.9. The number of methoxy groups -OCH3 is 1. The Kier molecular flexibility index (Phi) is 6.37. The summed E-state index contributed by atoms with van der Waals surface area (Å²) in [6.07, 6.45) is 2.54. The fourth-order valence-corrected chi connectivity index (χ4v) is 5.30. The number of hydrogen-bond donors (Lipinski definition) is 0. The summed E-state index contributed by atoms with van der Waals surface area (Å²) >= 11 is 0. The molecule has 2 heterocycles. The maximum Gasteiger partial charge on any atom is 0.290 e. The number of benzene rings is 1. The molecule has 4 rings (SSSR count). The van der Waals surface area contributed by atoms with Crippen molar-refractivity contribution in [3.05, 3.63) is 41.2 Å². The molecule has 1 fully saturated rings. The van der Waals surface area contributed by atoms with Crippen LogP contribution in [0.3, 0.4) is 0 Å². The van der Waals surface area contributed by atoms with Crippen LogP contribution in [0.15, 0.2) is 35.6 Å². The van der Waals surface area contributed by atoms with Gasteiger partial charge in [0.1, 0.15) is 11.9 Å². The van der Waals surface area contributed by atoms with Crippen LogP contribution >= 0.6 is 0 Å². The standard InChI is InChI=1S/C25H34N2O4/c1-5-26(6-2)12-13-27-22(17-8-7-9-18(15-17)30-4)21-23(28)19-14-16(3)10-11-20(19)31-24(21)25(27)29/h7-9,15-16,19-20,22H,5-6,10-14H2,1-4H3. The van der Waals surface area contributed by atoms with Crippen molar-refractivity contribution in [3.8, 4) is 5.75 Å². The van der Waals surface area contributed by atoms with Gasteiger partial charge < -0.3 is 19.3 Å². The predicted molar refractivity (Wildman–Crippen MR) is 119 cm³/mol. The minimum Gasteiger partial charge on any atom is -0.497 e. The molecule has 6 heteroatoms. The highest BCUT2D eigenvalue weighted by Crippen LogP contribution is 2.47. The van der Waals surface area contributed by atoms with Crippen molar-refractivity contribution in [1.29, 1.82) is 0 Å². The number of likely N-dealkylation sites (N-methyl/N-ethyl adjacent to an activating group) is 1. The number of carbonyl (C=O) groups is 2. The molecule has 1 saturated carbocycles. The molecule has 2 aliphatic heterocycles. The van der Waals surface area contributed by atoms with Crippen LogP contribution in [0.25, 0.3) is 0 Å². The number of nitrogens with zero attached hydrogens (tertiary/aromatic N) is 2. The van der Waals surface area contributed by atoms with E-state index in [2.05, 4.69) is 25.7 Å². The van der Waals surface area contributed by atoms with Crippen LogP contribution in [0, 0.1) is 11.8 Å². The molecule has 4 unspecified atom stereocenters. The highest BCUT2D eigenvalue weighted by molar-refractivity contribution is 6.11. The Hall–Kier alpha value is -2.34. The first-order chi connectivity index (χ1) is 15.0. The van der Waals surface area contributed by atoms with Gasteiger partial charge in [-0.05, 0) is 56.0 Å². The largest absolute Gasteiger partial charge is 0.497 e. The van der Waals surface area contributed by atoms with Gasteiger partial charge in [-0.15, -0.1) is 0 Å². The number of ether oxygens (including phenoxy) is 2. The van der Waals surface area contributed by atoms with Crippen LogP contribution in [-0.2, 0) is 14.3 Å². The van der Waals surface area contributed by atoms with Gasteiger partial charge in [-0.25, -0.2) is 0 Å². The summed E-state index contributed by atoms with van der Waals surface area (Å²) in [4.78, 5) is 31.3. The summed E-state index contributed by atoms with van der Waals surface area (Å²) in [5.41, 5.74) is 1.45. The Balaban J connectivity index is 1.72. The second kappa shape index (κ2) is 9.03. The van der Waals surface area contributed by atoms with Crippen LogP contribution in [0.5, 0.6) is 5.75 Å². The summed E-state index contributed by atoms with van der Waals surface area (Å²) in [5, 5.41) is 0. The maximum atomic E-state index is 13.7. The monoisotopic (exact) mass is 426 g/mol. The number of rotatable bonds is 7. The first-order valence-corrected chi connectivity index (χ1v) is 11.6. The molecule has 1 aliphatic carbocycles. The fourth-order valence-electron chi connectivity index (χ4n) is 5.30. The zero-order valence-electron chi connectivity index (χ0n) is 19.1. The minimum absolute atomic E-state index is 0.101. The third kappa shape index (κ3) is 3.98. The molecule has 1 aromatic rings. The van der Waals surface area contributed by atoms with Crippen LogP contribution < -0.4 is 4.74 Å². The van der Waals surface area contributed by atoms with E-state index in [9.17, 15) is 9.59 Å². The summed E-state index contributed by atoms with van der Waals surface area (Å²) in [6.45, 7) is 9.60. The molecule has 0 saturated heterocycles. The second-order valence-electron chi connectivity index (χ2n) is 8.99. The average Bonchev–Trinajstić information content (AvgIpc) is 3.07. The van der Waals surface area contributed by atoms with Gasteiger partial charge in [-0.1, -0.05) is 32.9 Å². The van der Waals surface area contributed by atoms with Gasteiger partial charge in [-0.2, -0.15) is 0 Å². The van der Waals surface area contributed by atoms with E-state index in [4.69, 9.17) is 9.47 Å². The zero-order valence-corrected chi connectivity index (χ0v) is 19.1. The smallest absolute Gasteiger partial charge is 0.290 e. The van der Waals surface area contributed by atoms with Gasteiger partial charge in [0.25, 0.3) is 5.91 Å². The minimum atomic E-state index is -0.418. The lowest BCUT2D eigenvalue weighted by molar-refractivity contribution is -0.136. The molecular weight excluding hydrogens is 392 g/mol. The van der Waals surface area contributed by atoms with Gasteiger partial charge in [0, 0.05) is 13.1 Å². The van der Waals surface area contributed by atoms with Crippen molar-refractivity contribution < 1.29 is 19.1 Å². The summed E-state index contributed by atoms with van der Waals surface area (Å²) < 4.78 is 11.7. The van der Waals surface area contributed by atoms with E-state index in [1.807, 2.05) is 29.2 Å². The molecular formula is C25H34N2O4. The first-order valence-electron chi connectivity index (χ1n) is 11.6. The molecule has 0 aromatic heterocycles. The van der Waals surface area contributed by atoms with Crippen LogP contribution in [0.1, 0.15) is 51.6 Å². The van der Waals surface area contributed by atoms with E-state index < -0.39 is 6.04 Å². The quantitative estimate of drug-likeness (QED) is 0.667. The third-order valence-corrected chi connectivity index (χ3v) is 7.17. The van der Waals surface area contributed by atoms with Gasteiger partial charge >= 0.3 is 0 Å². The molecule has 6 nitrogen and oxygen atoms in total. The third-order valence-electron chi connectivity index (χ3n) is 7.17. The molecule has 168 valence electrons. The van der Waals surface area contributed by atoms with E-state index in [0.717, 1.165) is 50.2 Å². The molecule has 0 radical (unpaired) electrons. The van der Waals surface area contributed by atoms with Crippen LogP contribution in [0.2, 0.25) is 0 Å². The van der Waals surface area contributed by atoms with Crippen molar-refractivity contribution in [3.63, 3.8) is 0 Å². The topological polar surface area (TPSA) is 59.1 Å². The lowest BCUT2D eigenvalue weighted by atomic mass is 9.74. The molecule has 3 aliphatic rings. The molecule has 31 heavy (non-hydrogen) atoms. The fraction of sp³-hybridized carbons (Fsp3) is 0.600. The van der Waals surface area contributed by atoms with Crippen molar-refractivity contribution in [2.75, 3.05) is 33.3 Å². The molecule has 1 aromatic carbocycles. The van der Waals surface area contributed by atoms with E-state index in [1.165, 1.54) is 0 Å². The molecule has 4 atom stereocenters. The van der Waals surface area contributed by atoms with Crippen LogP contribution in [0.4, 0.5) is 0 Å². The zero-order chi connectivity index (χ0) is 22.1. The number of amides is 1. The van der Waals surface area contributed by atoms with Gasteiger partial charge in [0.2, 0.25) is 0 Å². The molecule has 0 N–H and O–H groups in total. The van der Waals surface area contributed by atoms with E-state index in [1.54, 1.807) is 7.11 Å². The Morgan fingerprint density at radius 3 is 2.68 bits per heavy atom.